The summed E-state index contributed by atoms with van der Waals surface area (Å²) >= 11 is 1.69. The standard InChI is InChI=1S/Al.Ga.Ir.P.6H. The molecule has 0 aliphatic carbocycles. The van der Waals surface area contributed by atoms with Crippen LogP contribution in [-0.4, -0.2) is 37.2 Å². The summed E-state index contributed by atoms with van der Waals surface area (Å²) in [5, 5.41) is 0. The minimum absolute atomic E-state index is 0. The van der Waals surface area contributed by atoms with Gasteiger partial charge < -0.3 is 0 Å². The van der Waals surface area contributed by atoms with Crippen molar-refractivity contribution < 1.29 is 17.7 Å². The third-order valence-electron chi connectivity index (χ3n) is 0. The molecule has 4 heavy (non-hydrogen) atoms. The van der Waals surface area contributed by atoms with Gasteiger partial charge in [0.1, 0.15) is 0 Å². The van der Waals surface area contributed by atoms with Crippen molar-refractivity contribution in [2.45, 2.75) is 0 Å². The molecule has 0 bridgehead atoms. The molecule has 0 saturated carbocycles. The molecular weight excluding hydrogens is 320 g/mol. The van der Waals surface area contributed by atoms with E-state index in [2.05, 4.69) is 6.80 Å². The van der Waals surface area contributed by atoms with Crippen LogP contribution in [0.25, 0.3) is 0 Å². The second-order valence-electron chi connectivity index (χ2n) is 0. The van der Waals surface area contributed by atoms with Gasteiger partial charge >= 0.3 is 44.3 Å². The van der Waals surface area contributed by atoms with Crippen LogP contribution in [0.3, 0.4) is 0 Å². The predicted molar refractivity (Wildman–Crippen MR) is 26.8 cm³/mol. The van der Waals surface area contributed by atoms with E-state index in [9.17, 15) is 0 Å². The Labute approximate surface area is 61.1 Å². The Morgan fingerprint density at radius 2 is 1.25 bits per heavy atom. The topological polar surface area (TPSA) is 0 Å². The minimum atomic E-state index is 0. The van der Waals surface area contributed by atoms with Gasteiger partial charge in [-0.3, -0.25) is 0 Å². The third-order valence-corrected chi connectivity index (χ3v) is 0. The summed E-state index contributed by atoms with van der Waals surface area (Å²) in [6, 6.07) is 0. The van der Waals surface area contributed by atoms with Gasteiger partial charge in [-0.05, 0) is 0 Å². The van der Waals surface area contributed by atoms with Gasteiger partial charge in [0, 0.05) is 0 Å². The Kier molecular flexibility index (Phi) is 76.4. The molecule has 0 radical (unpaired) electrons. The van der Waals surface area contributed by atoms with Gasteiger partial charge in [0.15, 0.2) is 17.4 Å². The summed E-state index contributed by atoms with van der Waals surface area (Å²) < 4.78 is 0. The van der Waals surface area contributed by atoms with Crippen LogP contribution in [-0.2, 0) is 17.7 Å². The summed E-state index contributed by atoms with van der Waals surface area (Å²) in [6.45, 7) is 3.53. The summed E-state index contributed by atoms with van der Waals surface area (Å²) in [6.07, 6.45) is 0. The first kappa shape index (κ1) is 16.3. The molecule has 4 heteroatoms. The molecule has 0 unspecified atom stereocenters. The zero-order valence-corrected chi connectivity index (χ0v) is 4.07. The summed E-state index contributed by atoms with van der Waals surface area (Å²) in [7, 11) is 0. The molecule has 0 aliphatic heterocycles. The van der Waals surface area contributed by atoms with Crippen molar-refractivity contribution in [2.75, 3.05) is 0 Å². The summed E-state index contributed by atoms with van der Waals surface area (Å²) in [5.74, 6) is 0. The van der Waals surface area contributed by atoms with E-state index in [0.29, 0.717) is 0 Å². The fourth-order valence-corrected chi connectivity index (χ4v) is 0. The average Bonchev–Trinajstić information content (AvgIpc) is 1.00. The van der Waals surface area contributed by atoms with E-state index < -0.39 is 0 Å². The normalized spacial score (nSPS) is 1.00. The van der Waals surface area contributed by atoms with E-state index in [0.717, 1.165) is 0 Å². The van der Waals surface area contributed by atoms with E-state index in [-0.39, 0.29) is 37.2 Å². The molecule has 0 heterocycles. The number of hydrogen-bond acceptors (Lipinski definition) is 0. The van der Waals surface area contributed by atoms with Crippen molar-refractivity contribution in [3.05, 3.63) is 0 Å². The van der Waals surface area contributed by atoms with Crippen molar-refractivity contribution in [2.24, 2.45) is 0 Å². The molecule has 0 aromatic rings. The second kappa shape index (κ2) is 18.7. The Balaban J connectivity index is -0.00000000500. The van der Waals surface area contributed by atoms with Crippen molar-refractivity contribution in [1.29, 1.82) is 0 Å². The first-order chi connectivity index (χ1) is 1.00. The molecule has 0 aromatic heterocycles. The third kappa shape index (κ3) is 8.87. The van der Waals surface area contributed by atoms with Crippen LogP contribution in [0.1, 0.15) is 0 Å². The van der Waals surface area contributed by atoms with Crippen LogP contribution in [0.4, 0.5) is 0 Å². The molecule has 0 nitrogen and oxygen atoms in total. The van der Waals surface area contributed by atoms with E-state index in [4.69, 9.17) is 0 Å². The second-order valence-corrected chi connectivity index (χ2v) is 0. The van der Waals surface area contributed by atoms with Gasteiger partial charge in [-0.1, -0.05) is 0 Å². The van der Waals surface area contributed by atoms with Gasteiger partial charge in [0.05, 0.1) is 0 Å². The van der Waals surface area contributed by atoms with Crippen LogP contribution in [0.5, 0.6) is 0 Å². The van der Waals surface area contributed by atoms with Gasteiger partial charge in [-0.2, -0.15) is 0 Å². The van der Waals surface area contributed by atoms with Gasteiger partial charge in [0.25, 0.3) is 0 Å². The van der Waals surface area contributed by atoms with Gasteiger partial charge in [-0.25, -0.2) is 0 Å². The molecule has 26 valence electrons. The Morgan fingerprint density at radius 1 is 1.25 bits per heavy atom. The van der Waals surface area contributed by atoms with Crippen LogP contribution >= 0.6 is 6.80 Å². The molecule has 0 fully saturated rings. The summed E-state index contributed by atoms with van der Waals surface area (Å²) in [4.78, 5) is 0. The monoisotopic (exact) mass is 326 g/mol. The molecule has 0 rings (SSSR count). The fourth-order valence-electron chi connectivity index (χ4n) is 0. The Morgan fingerprint density at radius 3 is 1.25 bits per heavy atom. The average molecular weight is 326 g/mol. The number of hydrogen-bond donors (Lipinski definition) is 0. The van der Waals surface area contributed by atoms with E-state index in [1.165, 1.54) is 0 Å². The first-order valence-electron chi connectivity index (χ1n) is 0.149. The molecular formula is H6AlGaIrP. The van der Waals surface area contributed by atoms with Crippen molar-refractivity contribution in [1.82, 2.24) is 0 Å². The first-order valence-corrected chi connectivity index (χ1v) is 3.66. The molecule has 0 aromatic carbocycles. The predicted octanol–water partition coefficient (Wildman–Crippen LogP) is -1.51. The fraction of sp³-hybridized carbons (Fsp3) is 0. The van der Waals surface area contributed by atoms with Crippen LogP contribution in [0.2, 0.25) is 0 Å². The van der Waals surface area contributed by atoms with Crippen molar-refractivity contribution in [3.63, 3.8) is 0 Å². The summed E-state index contributed by atoms with van der Waals surface area (Å²) in [5.41, 5.74) is 0. The maximum absolute atomic E-state index is 3.53. The molecule has 0 saturated heterocycles. The van der Waals surface area contributed by atoms with E-state index in [1.54, 1.807) is 17.7 Å². The van der Waals surface area contributed by atoms with Crippen LogP contribution in [0, 0.1) is 0 Å². The molecule has 0 N–H and O–H groups in total. The quantitative estimate of drug-likeness (QED) is 0.375. The SMILES string of the molecule is [AlH3].[GaH3].[P]#[Ir]. The van der Waals surface area contributed by atoms with E-state index in [1.807, 2.05) is 0 Å². The zero-order valence-electron chi connectivity index (χ0n) is 0.781. The molecule has 0 aliphatic rings. The molecule has 0 amide bonds. The Hall–Kier alpha value is 2.25. The van der Waals surface area contributed by atoms with Crippen LogP contribution < -0.4 is 0 Å². The van der Waals surface area contributed by atoms with Crippen molar-refractivity contribution in [3.8, 4) is 0 Å². The molecule has 0 atom stereocenters. The number of rotatable bonds is 0. The van der Waals surface area contributed by atoms with Crippen molar-refractivity contribution >= 4 is 44.0 Å². The zero-order chi connectivity index (χ0) is 2.00. The van der Waals surface area contributed by atoms with E-state index >= 15 is 0 Å². The Bertz CT molecular complexity index is 12.8. The molecule has 0 spiro atoms. The van der Waals surface area contributed by atoms with Gasteiger partial charge in [-0.15, -0.1) is 0 Å². The maximum atomic E-state index is 3.53. The van der Waals surface area contributed by atoms with Gasteiger partial charge in [0.2, 0.25) is 0 Å². The van der Waals surface area contributed by atoms with Crippen LogP contribution in [0.15, 0.2) is 0 Å².